The molecular weight excluding hydrogens is 351 g/mol. The predicted octanol–water partition coefficient (Wildman–Crippen LogP) is 4.86. The first-order chi connectivity index (χ1) is 12.9. The molecular formula is C21H24F3N3. The van der Waals surface area contributed by atoms with E-state index in [9.17, 15) is 13.2 Å². The van der Waals surface area contributed by atoms with E-state index in [0.29, 0.717) is 19.4 Å². The van der Waals surface area contributed by atoms with Gasteiger partial charge >= 0.3 is 6.18 Å². The first-order valence-electron chi connectivity index (χ1n) is 9.77. The minimum Gasteiger partial charge on any atom is -0.307 e. The topological polar surface area (TPSA) is 29.9 Å². The van der Waals surface area contributed by atoms with E-state index in [1.807, 2.05) is 36.5 Å². The zero-order valence-electron chi connectivity index (χ0n) is 15.2. The standard InChI is InChI=1S/C21H24F3N3/c22-21(23,24)19-9-16-8-17(10-19)12-20(11-16,14-19)25-13-15-2-4-18(5-3-15)27-7-1-6-26-27/h1-7,16-17,25H,8-14H2. The second-order valence-corrected chi connectivity index (χ2v) is 8.99. The maximum Gasteiger partial charge on any atom is 0.394 e. The molecule has 4 fully saturated rings. The second-order valence-electron chi connectivity index (χ2n) is 8.99. The summed E-state index contributed by atoms with van der Waals surface area (Å²) in [6, 6.07) is 9.94. The van der Waals surface area contributed by atoms with Gasteiger partial charge in [0.15, 0.2) is 0 Å². The Morgan fingerprint density at radius 1 is 1.07 bits per heavy atom. The van der Waals surface area contributed by atoms with E-state index in [-0.39, 0.29) is 23.8 Å². The monoisotopic (exact) mass is 375 g/mol. The van der Waals surface area contributed by atoms with Gasteiger partial charge in [0.25, 0.3) is 0 Å². The maximum absolute atomic E-state index is 13.9. The normalized spacial score (nSPS) is 34.9. The van der Waals surface area contributed by atoms with Crippen molar-refractivity contribution in [3.8, 4) is 5.69 Å². The van der Waals surface area contributed by atoms with Crippen molar-refractivity contribution in [3.05, 3.63) is 48.3 Å². The van der Waals surface area contributed by atoms with E-state index < -0.39 is 11.6 Å². The fraction of sp³-hybridized carbons (Fsp3) is 0.571. The van der Waals surface area contributed by atoms with Crippen LogP contribution in [0.4, 0.5) is 13.2 Å². The highest BCUT2D eigenvalue weighted by atomic mass is 19.4. The third kappa shape index (κ3) is 2.89. The molecule has 0 amide bonds. The molecule has 2 aromatic rings. The van der Waals surface area contributed by atoms with Crippen LogP contribution < -0.4 is 5.32 Å². The van der Waals surface area contributed by atoms with E-state index in [1.165, 1.54) is 0 Å². The van der Waals surface area contributed by atoms with Crippen molar-refractivity contribution >= 4 is 0 Å². The lowest BCUT2D eigenvalue weighted by molar-refractivity contribution is -0.278. The zero-order valence-corrected chi connectivity index (χ0v) is 15.2. The molecule has 2 atom stereocenters. The average molecular weight is 375 g/mol. The zero-order chi connectivity index (χ0) is 18.7. The molecule has 6 heteroatoms. The van der Waals surface area contributed by atoms with Crippen LogP contribution in [0.1, 0.15) is 44.1 Å². The van der Waals surface area contributed by atoms with Crippen LogP contribution in [0.15, 0.2) is 42.7 Å². The van der Waals surface area contributed by atoms with Crippen molar-refractivity contribution < 1.29 is 13.2 Å². The van der Waals surface area contributed by atoms with Crippen molar-refractivity contribution in [1.29, 1.82) is 0 Å². The molecule has 4 aliphatic carbocycles. The predicted molar refractivity (Wildman–Crippen MR) is 96.3 cm³/mol. The molecule has 144 valence electrons. The number of nitrogens with one attached hydrogen (secondary N) is 1. The third-order valence-corrected chi connectivity index (χ3v) is 7.04. The average Bonchev–Trinajstić information content (AvgIpc) is 3.13. The van der Waals surface area contributed by atoms with E-state index in [2.05, 4.69) is 10.4 Å². The van der Waals surface area contributed by atoms with Gasteiger partial charge in [-0.05, 0) is 74.1 Å². The molecule has 1 N–H and O–H groups in total. The minimum atomic E-state index is -4.08. The Morgan fingerprint density at radius 2 is 1.78 bits per heavy atom. The van der Waals surface area contributed by atoms with Gasteiger partial charge in [-0.25, -0.2) is 4.68 Å². The first-order valence-corrected chi connectivity index (χ1v) is 9.77. The highest BCUT2D eigenvalue weighted by Gasteiger charge is 2.67. The molecule has 1 aromatic carbocycles. The molecule has 0 aliphatic heterocycles. The van der Waals surface area contributed by atoms with Gasteiger partial charge < -0.3 is 5.32 Å². The Balaban J connectivity index is 1.32. The largest absolute Gasteiger partial charge is 0.394 e. The molecule has 1 aromatic heterocycles. The van der Waals surface area contributed by atoms with Gasteiger partial charge in [-0.15, -0.1) is 0 Å². The molecule has 2 unspecified atom stereocenters. The summed E-state index contributed by atoms with van der Waals surface area (Å²) in [4.78, 5) is 0. The Hall–Kier alpha value is -1.82. The molecule has 3 nitrogen and oxygen atoms in total. The van der Waals surface area contributed by atoms with Crippen molar-refractivity contribution in [2.45, 2.75) is 56.8 Å². The van der Waals surface area contributed by atoms with Crippen molar-refractivity contribution in [3.63, 3.8) is 0 Å². The van der Waals surface area contributed by atoms with Crippen LogP contribution in [0.2, 0.25) is 0 Å². The fourth-order valence-electron chi connectivity index (χ4n) is 6.28. The summed E-state index contributed by atoms with van der Waals surface area (Å²) < 4.78 is 43.4. The van der Waals surface area contributed by atoms with Crippen LogP contribution in [0.25, 0.3) is 5.69 Å². The van der Waals surface area contributed by atoms with Gasteiger partial charge in [0.1, 0.15) is 0 Å². The lowest BCUT2D eigenvalue weighted by Gasteiger charge is -2.62. The second kappa shape index (κ2) is 5.84. The summed E-state index contributed by atoms with van der Waals surface area (Å²) in [5.74, 6) is 0.449. The lowest BCUT2D eigenvalue weighted by atomic mass is 9.46. The van der Waals surface area contributed by atoms with E-state index in [1.54, 1.807) is 10.9 Å². The van der Waals surface area contributed by atoms with Gasteiger partial charge in [-0.3, -0.25) is 0 Å². The molecule has 4 saturated carbocycles. The summed E-state index contributed by atoms with van der Waals surface area (Å²) >= 11 is 0. The Labute approximate surface area is 157 Å². The van der Waals surface area contributed by atoms with Crippen LogP contribution in [0.5, 0.6) is 0 Å². The number of alkyl halides is 3. The molecule has 0 spiro atoms. The Kier molecular flexibility index (Phi) is 3.74. The maximum atomic E-state index is 13.9. The minimum absolute atomic E-state index is 0.225. The van der Waals surface area contributed by atoms with Crippen molar-refractivity contribution in [2.75, 3.05) is 0 Å². The summed E-state index contributed by atoms with van der Waals surface area (Å²) in [5, 5.41) is 7.79. The van der Waals surface area contributed by atoms with E-state index in [0.717, 1.165) is 30.5 Å². The Morgan fingerprint density at radius 3 is 2.37 bits per heavy atom. The number of aromatic nitrogens is 2. The number of halogens is 3. The van der Waals surface area contributed by atoms with Crippen LogP contribution in [0.3, 0.4) is 0 Å². The van der Waals surface area contributed by atoms with Gasteiger partial charge in [-0.1, -0.05) is 12.1 Å². The summed E-state index contributed by atoms with van der Waals surface area (Å²) in [7, 11) is 0. The SMILES string of the molecule is FC(F)(F)C12CC3CC(CC(NCc4ccc(-n5cccn5)cc4)(C3)C1)C2. The number of benzene rings is 1. The van der Waals surface area contributed by atoms with Gasteiger partial charge in [0, 0.05) is 24.5 Å². The summed E-state index contributed by atoms with van der Waals surface area (Å²) in [6.45, 7) is 0.618. The molecule has 4 aliphatic rings. The smallest absolute Gasteiger partial charge is 0.307 e. The molecule has 6 rings (SSSR count). The molecule has 4 bridgehead atoms. The Bertz CT molecular complexity index is 796. The third-order valence-electron chi connectivity index (χ3n) is 7.04. The lowest BCUT2D eigenvalue weighted by Crippen LogP contribution is -2.65. The van der Waals surface area contributed by atoms with Gasteiger partial charge in [-0.2, -0.15) is 18.3 Å². The molecule has 0 saturated heterocycles. The number of rotatable bonds is 4. The van der Waals surface area contributed by atoms with Crippen LogP contribution in [-0.4, -0.2) is 21.5 Å². The van der Waals surface area contributed by atoms with Gasteiger partial charge in [0.05, 0.1) is 11.1 Å². The van der Waals surface area contributed by atoms with Crippen molar-refractivity contribution in [2.24, 2.45) is 17.3 Å². The number of hydrogen-bond acceptors (Lipinski definition) is 2. The van der Waals surface area contributed by atoms with E-state index in [4.69, 9.17) is 0 Å². The van der Waals surface area contributed by atoms with E-state index >= 15 is 0 Å². The number of hydrogen-bond donors (Lipinski definition) is 1. The van der Waals surface area contributed by atoms with Crippen molar-refractivity contribution in [1.82, 2.24) is 15.1 Å². The van der Waals surface area contributed by atoms with Gasteiger partial charge in [0.2, 0.25) is 0 Å². The highest BCUT2D eigenvalue weighted by molar-refractivity contribution is 5.33. The summed E-state index contributed by atoms with van der Waals surface area (Å²) in [5.41, 5.74) is 0.283. The van der Waals surface area contributed by atoms with Crippen LogP contribution in [-0.2, 0) is 6.54 Å². The van der Waals surface area contributed by atoms with Crippen LogP contribution >= 0.6 is 0 Å². The molecule has 1 heterocycles. The quantitative estimate of drug-likeness (QED) is 0.827. The summed E-state index contributed by atoms with van der Waals surface area (Å²) in [6.07, 6.45) is 3.26. The number of nitrogens with zero attached hydrogens (tertiary/aromatic N) is 2. The first kappa shape index (κ1) is 17.3. The highest BCUT2D eigenvalue weighted by Crippen LogP contribution is 2.66. The molecule has 27 heavy (non-hydrogen) atoms. The van der Waals surface area contributed by atoms with Crippen LogP contribution in [0, 0.1) is 17.3 Å². The fourth-order valence-corrected chi connectivity index (χ4v) is 6.28. The molecule has 0 radical (unpaired) electrons.